The number of rotatable bonds is 3. The number of benzene rings is 1. The molecule has 1 aromatic carbocycles. The predicted octanol–water partition coefficient (Wildman–Crippen LogP) is 2.88. The molecule has 2 N–H and O–H groups in total. The van der Waals surface area contributed by atoms with Crippen LogP contribution in [0.4, 0.5) is 11.4 Å². The largest absolute Gasteiger partial charge is 0.397 e. The summed E-state index contributed by atoms with van der Waals surface area (Å²) in [5, 5.41) is 0. The SMILES string of the molecule is CCOC1CCN(c2ccc(I)cc2N)CC1. The molecule has 0 radical (unpaired) electrons. The van der Waals surface area contributed by atoms with Gasteiger partial charge in [-0.1, -0.05) is 0 Å². The zero-order chi connectivity index (χ0) is 12.3. The van der Waals surface area contributed by atoms with E-state index in [0.717, 1.165) is 38.2 Å². The molecule has 1 fully saturated rings. The number of piperidine rings is 1. The first-order chi connectivity index (χ1) is 8.20. The van der Waals surface area contributed by atoms with Crippen LogP contribution in [0.2, 0.25) is 0 Å². The molecule has 4 heteroatoms. The minimum absolute atomic E-state index is 0.432. The predicted molar refractivity (Wildman–Crippen MR) is 80.4 cm³/mol. The Bertz CT molecular complexity index is 376. The number of ether oxygens (including phenoxy) is 1. The summed E-state index contributed by atoms with van der Waals surface area (Å²) in [6.45, 7) is 4.95. The van der Waals surface area contributed by atoms with Gasteiger partial charge in [0.1, 0.15) is 0 Å². The lowest BCUT2D eigenvalue weighted by atomic mass is 10.1. The van der Waals surface area contributed by atoms with Gasteiger partial charge < -0.3 is 15.4 Å². The van der Waals surface area contributed by atoms with E-state index in [9.17, 15) is 0 Å². The van der Waals surface area contributed by atoms with E-state index in [-0.39, 0.29) is 0 Å². The molecule has 17 heavy (non-hydrogen) atoms. The Morgan fingerprint density at radius 2 is 2.12 bits per heavy atom. The Hall–Kier alpha value is -0.490. The Morgan fingerprint density at radius 1 is 1.41 bits per heavy atom. The van der Waals surface area contributed by atoms with Gasteiger partial charge in [-0.2, -0.15) is 0 Å². The van der Waals surface area contributed by atoms with Crippen LogP contribution in [0, 0.1) is 3.57 Å². The van der Waals surface area contributed by atoms with E-state index in [1.807, 2.05) is 6.07 Å². The quantitative estimate of drug-likeness (QED) is 0.676. The van der Waals surface area contributed by atoms with Crippen molar-refractivity contribution in [2.45, 2.75) is 25.9 Å². The molecule has 1 aliphatic rings. The maximum atomic E-state index is 6.07. The fourth-order valence-corrected chi connectivity index (χ4v) is 2.83. The minimum Gasteiger partial charge on any atom is -0.397 e. The molecular weight excluding hydrogens is 327 g/mol. The fourth-order valence-electron chi connectivity index (χ4n) is 2.31. The molecule has 0 aromatic heterocycles. The van der Waals surface area contributed by atoms with Crippen molar-refractivity contribution in [3.8, 4) is 0 Å². The number of anilines is 2. The summed E-state index contributed by atoms with van der Waals surface area (Å²) < 4.78 is 6.85. The third-order valence-corrected chi connectivity index (χ3v) is 3.85. The number of hydrogen-bond donors (Lipinski definition) is 1. The van der Waals surface area contributed by atoms with E-state index in [1.54, 1.807) is 0 Å². The van der Waals surface area contributed by atoms with Crippen LogP contribution in [-0.4, -0.2) is 25.8 Å². The molecule has 0 unspecified atom stereocenters. The van der Waals surface area contributed by atoms with E-state index in [0.29, 0.717) is 6.10 Å². The maximum absolute atomic E-state index is 6.07. The van der Waals surface area contributed by atoms with Crippen LogP contribution in [0.15, 0.2) is 18.2 Å². The van der Waals surface area contributed by atoms with Crippen molar-refractivity contribution in [3.63, 3.8) is 0 Å². The van der Waals surface area contributed by atoms with E-state index in [1.165, 1.54) is 9.26 Å². The first-order valence-corrected chi connectivity index (χ1v) is 7.20. The number of nitrogens with two attached hydrogens (primary N) is 1. The summed E-state index contributed by atoms with van der Waals surface area (Å²) >= 11 is 2.29. The third kappa shape index (κ3) is 3.25. The monoisotopic (exact) mass is 346 g/mol. The highest BCUT2D eigenvalue weighted by Gasteiger charge is 2.20. The van der Waals surface area contributed by atoms with Crippen molar-refractivity contribution in [2.75, 3.05) is 30.3 Å². The van der Waals surface area contributed by atoms with E-state index in [2.05, 4.69) is 46.5 Å². The number of nitrogens with zero attached hydrogens (tertiary/aromatic N) is 1. The molecule has 0 atom stereocenters. The summed E-state index contributed by atoms with van der Waals surface area (Å²) in [7, 11) is 0. The normalized spacial score (nSPS) is 17.4. The molecule has 1 aliphatic heterocycles. The van der Waals surface area contributed by atoms with Crippen molar-refractivity contribution in [1.82, 2.24) is 0 Å². The molecule has 0 amide bonds. The van der Waals surface area contributed by atoms with Gasteiger partial charge in [0.25, 0.3) is 0 Å². The van der Waals surface area contributed by atoms with Gasteiger partial charge in [-0.15, -0.1) is 0 Å². The van der Waals surface area contributed by atoms with Crippen molar-refractivity contribution in [1.29, 1.82) is 0 Å². The lowest BCUT2D eigenvalue weighted by Crippen LogP contribution is -2.37. The summed E-state index contributed by atoms with van der Waals surface area (Å²) in [6.07, 6.45) is 2.62. The number of nitrogen functional groups attached to an aromatic ring is 1. The molecule has 3 nitrogen and oxygen atoms in total. The molecule has 0 saturated carbocycles. The number of hydrogen-bond acceptors (Lipinski definition) is 3. The molecule has 1 aromatic rings. The highest BCUT2D eigenvalue weighted by Crippen LogP contribution is 2.28. The van der Waals surface area contributed by atoms with Crippen molar-refractivity contribution in [2.24, 2.45) is 0 Å². The van der Waals surface area contributed by atoms with Crippen LogP contribution >= 0.6 is 22.6 Å². The molecule has 0 aliphatic carbocycles. The van der Waals surface area contributed by atoms with Gasteiger partial charge in [-0.05, 0) is 60.6 Å². The van der Waals surface area contributed by atoms with Crippen LogP contribution in [0.25, 0.3) is 0 Å². The molecule has 1 heterocycles. The van der Waals surface area contributed by atoms with E-state index in [4.69, 9.17) is 10.5 Å². The van der Waals surface area contributed by atoms with E-state index < -0.39 is 0 Å². The standard InChI is InChI=1S/C13H19IN2O/c1-2-17-11-5-7-16(8-6-11)13-4-3-10(14)9-12(13)15/h3-4,9,11H,2,5-8,15H2,1H3. The lowest BCUT2D eigenvalue weighted by molar-refractivity contribution is 0.0459. The Kier molecular flexibility index (Phi) is 4.50. The van der Waals surface area contributed by atoms with Gasteiger partial charge in [-0.25, -0.2) is 0 Å². The topological polar surface area (TPSA) is 38.5 Å². The zero-order valence-electron chi connectivity index (χ0n) is 10.2. The molecule has 0 spiro atoms. The van der Waals surface area contributed by atoms with Crippen molar-refractivity contribution < 1.29 is 4.74 Å². The van der Waals surface area contributed by atoms with Crippen LogP contribution in [-0.2, 0) is 4.74 Å². The van der Waals surface area contributed by atoms with Gasteiger partial charge in [0, 0.05) is 23.3 Å². The highest BCUT2D eigenvalue weighted by atomic mass is 127. The molecule has 94 valence electrons. The van der Waals surface area contributed by atoms with E-state index >= 15 is 0 Å². The first-order valence-electron chi connectivity index (χ1n) is 6.12. The van der Waals surface area contributed by atoms with Crippen LogP contribution in [0.5, 0.6) is 0 Å². The molecule has 2 rings (SSSR count). The first kappa shape index (κ1) is 13.0. The van der Waals surface area contributed by atoms with Gasteiger partial charge in [0.15, 0.2) is 0 Å². The van der Waals surface area contributed by atoms with Crippen LogP contribution < -0.4 is 10.6 Å². The second kappa shape index (κ2) is 5.91. The summed E-state index contributed by atoms with van der Waals surface area (Å²) in [4.78, 5) is 2.36. The van der Waals surface area contributed by atoms with Gasteiger partial charge in [-0.3, -0.25) is 0 Å². The average Bonchev–Trinajstić information content (AvgIpc) is 2.31. The van der Waals surface area contributed by atoms with Crippen LogP contribution in [0.1, 0.15) is 19.8 Å². The second-order valence-electron chi connectivity index (χ2n) is 4.34. The minimum atomic E-state index is 0.432. The third-order valence-electron chi connectivity index (χ3n) is 3.17. The highest BCUT2D eigenvalue weighted by molar-refractivity contribution is 14.1. The Labute approximate surface area is 116 Å². The van der Waals surface area contributed by atoms with Gasteiger partial charge >= 0.3 is 0 Å². The Balaban J connectivity index is 2.00. The second-order valence-corrected chi connectivity index (χ2v) is 5.59. The Morgan fingerprint density at radius 3 is 2.71 bits per heavy atom. The smallest absolute Gasteiger partial charge is 0.0608 e. The molecular formula is C13H19IN2O. The lowest BCUT2D eigenvalue weighted by Gasteiger charge is -2.34. The summed E-state index contributed by atoms with van der Waals surface area (Å²) in [6, 6.07) is 6.27. The summed E-state index contributed by atoms with van der Waals surface area (Å²) in [5.74, 6) is 0. The van der Waals surface area contributed by atoms with Gasteiger partial charge in [0.05, 0.1) is 17.5 Å². The number of halogens is 1. The molecule has 1 saturated heterocycles. The molecule has 0 bridgehead atoms. The van der Waals surface area contributed by atoms with Crippen molar-refractivity contribution in [3.05, 3.63) is 21.8 Å². The zero-order valence-corrected chi connectivity index (χ0v) is 12.3. The average molecular weight is 346 g/mol. The van der Waals surface area contributed by atoms with Gasteiger partial charge in [0.2, 0.25) is 0 Å². The van der Waals surface area contributed by atoms with Crippen LogP contribution in [0.3, 0.4) is 0 Å². The fraction of sp³-hybridized carbons (Fsp3) is 0.538. The summed E-state index contributed by atoms with van der Waals surface area (Å²) in [5.41, 5.74) is 8.12. The maximum Gasteiger partial charge on any atom is 0.0608 e. The van der Waals surface area contributed by atoms with Crippen molar-refractivity contribution >= 4 is 34.0 Å².